The molecule has 1 aromatic carbocycles. The Bertz CT molecular complexity index is 759. The van der Waals surface area contributed by atoms with Gasteiger partial charge in [-0.15, -0.1) is 11.3 Å². The lowest BCUT2D eigenvalue weighted by Gasteiger charge is -2.18. The van der Waals surface area contributed by atoms with Gasteiger partial charge in [-0.3, -0.25) is 4.79 Å². The SMILES string of the molecule is CC(C)Cc1ccc([C@H](NC(=O)c2ccoc2)c2cccs2)cc1. The molecular formula is C20H21NO2S. The summed E-state index contributed by atoms with van der Waals surface area (Å²) in [5.41, 5.74) is 2.94. The molecule has 0 aliphatic rings. The molecule has 0 aliphatic carbocycles. The Kier molecular flexibility index (Phi) is 5.16. The molecule has 0 spiro atoms. The van der Waals surface area contributed by atoms with E-state index in [1.54, 1.807) is 17.4 Å². The van der Waals surface area contributed by atoms with E-state index in [0.717, 1.165) is 16.9 Å². The maximum absolute atomic E-state index is 12.4. The summed E-state index contributed by atoms with van der Waals surface area (Å²) in [6, 6.07) is 14.1. The van der Waals surface area contributed by atoms with E-state index in [1.807, 2.05) is 17.5 Å². The van der Waals surface area contributed by atoms with Crippen molar-refractivity contribution in [1.29, 1.82) is 0 Å². The van der Waals surface area contributed by atoms with Crippen molar-refractivity contribution in [3.63, 3.8) is 0 Å². The topological polar surface area (TPSA) is 42.2 Å². The fourth-order valence-corrected chi connectivity index (χ4v) is 3.50. The van der Waals surface area contributed by atoms with Crippen LogP contribution in [-0.2, 0) is 6.42 Å². The van der Waals surface area contributed by atoms with Crippen LogP contribution in [0, 0.1) is 5.92 Å². The number of nitrogens with one attached hydrogen (secondary N) is 1. The zero-order chi connectivity index (χ0) is 16.9. The summed E-state index contributed by atoms with van der Waals surface area (Å²) < 4.78 is 5.01. The van der Waals surface area contributed by atoms with Crippen LogP contribution in [0.15, 0.2) is 64.8 Å². The van der Waals surface area contributed by atoms with Gasteiger partial charge in [0.05, 0.1) is 17.9 Å². The number of furan rings is 1. The zero-order valence-electron chi connectivity index (χ0n) is 13.9. The van der Waals surface area contributed by atoms with Crippen LogP contribution in [0.5, 0.6) is 0 Å². The van der Waals surface area contributed by atoms with Gasteiger partial charge in [0, 0.05) is 4.88 Å². The molecule has 0 unspecified atom stereocenters. The summed E-state index contributed by atoms with van der Waals surface area (Å²) in [6.07, 6.45) is 4.04. The number of carbonyl (C=O) groups is 1. The van der Waals surface area contributed by atoms with Gasteiger partial charge in [-0.2, -0.15) is 0 Å². The third-order valence-corrected chi connectivity index (χ3v) is 4.78. The lowest BCUT2D eigenvalue weighted by atomic mass is 9.98. The molecule has 0 saturated heterocycles. The first-order chi connectivity index (χ1) is 11.6. The van der Waals surface area contributed by atoms with Crippen LogP contribution in [-0.4, -0.2) is 5.91 Å². The number of amides is 1. The van der Waals surface area contributed by atoms with E-state index in [2.05, 4.69) is 43.4 Å². The summed E-state index contributed by atoms with van der Waals surface area (Å²) >= 11 is 1.64. The standard InChI is InChI=1S/C20H21NO2S/c1-14(2)12-15-5-7-16(8-6-15)19(18-4-3-11-24-18)21-20(22)17-9-10-23-13-17/h3-11,13-14,19H,12H2,1-2H3,(H,21,22)/t19-/m0/s1. The van der Waals surface area contributed by atoms with Crippen LogP contribution >= 0.6 is 11.3 Å². The molecular weight excluding hydrogens is 318 g/mol. The molecule has 4 heteroatoms. The molecule has 0 aliphatic heterocycles. The highest BCUT2D eigenvalue weighted by Gasteiger charge is 2.19. The molecule has 2 aromatic heterocycles. The summed E-state index contributed by atoms with van der Waals surface area (Å²) in [5.74, 6) is 0.498. The van der Waals surface area contributed by atoms with Gasteiger partial charge in [0.25, 0.3) is 5.91 Å². The van der Waals surface area contributed by atoms with E-state index in [9.17, 15) is 4.79 Å². The van der Waals surface area contributed by atoms with Crippen LogP contribution < -0.4 is 5.32 Å². The lowest BCUT2D eigenvalue weighted by molar-refractivity contribution is 0.0943. The summed E-state index contributed by atoms with van der Waals surface area (Å²) in [6.45, 7) is 4.43. The number of carbonyl (C=O) groups excluding carboxylic acids is 1. The summed E-state index contributed by atoms with van der Waals surface area (Å²) in [7, 11) is 0. The lowest BCUT2D eigenvalue weighted by Crippen LogP contribution is -2.28. The highest BCUT2D eigenvalue weighted by molar-refractivity contribution is 7.10. The Balaban J connectivity index is 1.84. The number of hydrogen-bond acceptors (Lipinski definition) is 3. The van der Waals surface area contributed by atoms with Crippen molar-refractivity contribution in [2.24, 2.45) is 5.92 Å². The van der Waals surface area contributed by atoms with E-state index >= 15 is 0 Å². The Morgan fingerprint density at radius 2 is 1.96 bits per heavy atom. The van der Waals surface area contributed by atoms with E-state index in [0.29, 0.717) is 11.5 Å². The average molecular weight is 339 g/mol. The van der Waals surface area contributed by atoms with Crippen molar-refractivity contribution >= 4 is 17.2 Å². The largest absolute Gasteiger partial charge is 0.472 e. The quantitative estimate of drug-likeness (QED) is 0.682. The molecule has 0 saturated carbocycles. The van der Waals surface area contributed by atoms with Crippen LogP contribution in [0.25, 0.3) is 0 Å². The van der Waals surface area contributed by atoms with Crippen LogP contribution in [0.2, 0.25) is 0 Å². The Morgan fingerprint density at radius 1 is 1.17 bits per heavy atom. The highest BCUT2D eigenvalue weighted by Crippen LogP contribution is 2.27. The highest BCUT2D eigenvalue weighted by atomic mass is 32.1. The molecule has 3 aromatic rings. The predicted molar refractivity (Wildman–Crippen MR) is 97.3 cm³/mol. The first-order valence-corrected chi connectivity index (χ1v) is 8.96. The van der Waals surface area contributed by atoms with Crippen LogP contribution in [0.1, 0.15) is 46.3 Å². The maximum atomic E-state index is 12.4. The molecule has 1 N–H and O–H groups in total. The van der Waals surface area contributed by atoms with Crippen molar-refractivity contribution in [3.05, 3.63) is 81.9 Å². The smallest absolute Gasteiger partial charge is 0.255 e. The summed E-state index contributed by atoms with van der Waals surface area (Å²) in [5, 5.41) is 5.14. The number of benzene rings is 1. The van der Waals surface area contributed by atoms with Crippen molar-refractivity contribution in [3.8, 4) is 0 Å². The van der Waals surface area contributed by atoms with Crippen molar-refractivity contribution in [2.45, 2.75) is 26.3 Å². The second kappa shape index (κ2) is 7.49. The molecule has 1 amide bonds. The van der Waals surface area contributed by atoms with Crippen LogP contribution in [0.3, 0.4) is 0 Å². The van der Waals surface area contributed by atoms with E-state index in [-0.39, 0.29) is 11.9 Å². The van der Waals surface area contributed by atoms with E-state index in [1.165, 1.54) is 18.1 Å². The summed E-state index contributed by atoms with van der Waals surface area (Å²) in [4.78, 5) is 13.5. The van der Waals surface area contributed by atoms with Gasteiger partial charge in [-0.05, 0) is 41.0 Å². The molecule has 0 radical (unpaired) electrons. The third-order valence-electron chi connectivity index (χ3n) is 3.84. The second-order valence-electron chi connectivity index (χ2n) is 6.27. The van der Waals surface area contributed by atoms with Gasteiger partial charge in [-0.25, -0.2) is 0 Å². The average Bonchev–Trinajstić information content (AvgIpc) is 3.26. The monoisotopic (exact) mass is 339 g/mol. The molecule has 0 bridgehead atoms. The normalized spacial score (nSPS) is 12.3. The third kappa shape index (κ3) is 3.95. The fraction of sp³-hybridized carbons (Fsp3) is 0.250. The predicted octanol–water partition coefficient (Wildman–Crippen LogP) is 5.06. The molecule has 2 heterocycles. The van der Waals surface area contributed by atoms with Crippen molar-refractivity contribution < 1.29 is 9.21 Å². The minimum absolute atomic E-state index is 0.131. The van der Waals surface area contributed by atoms with E-state index in [4.69, 9.17) is 4.42 Å². The molecule has 0 fully saturated rings. The minimum Gasteiger partial charge on any atom is -0.472 e. The van der Waals surface area contributed by atoms with Gasteiger partial charge in [0.1, 0.15) is 6.26 Å². The minimum atomic E-state index is -0.152. The molecule has 124 valence electrons. The molecule has 3 nitrogen and oxygen atoms in total. The first kappa shape index (κ1) is 16.5. The van der Waals surface area contributed by atoms with Gasteiger partial charge < -0.3 is 9.73 Å². The molecule has 3 rings (SSSR count). The van der Waals surface area contributed by atoms with Crippen molar-refractivity contribution in [1.82, 2.24) is 5.32 Å². The zero-order valence-corrected chi connectivity index (χ0v) is 14.7. The maximum Gasteiger partial charge on any atom is 0.255 e. The second-order valence-corrected chi connectivity index (χ2v) is 7.25. The van der Waals surface area contributed by atoms with Crippen LogP contribution in [0.4, 0.5) is 0 Å². The Labute approximate surface area is 146 Å². The Morgan fingerprint density at radius 3 is 2.54 bits per heavy atom. The molecule has 24 heavy (non-hydrogen) atoms. The molecule has 1 atom stereocenters. The van der Waals surface area contributed by atoms with Gasteiger partial charge >= 0.3 is 0 Å². The van der Waals surface area contributed by atoms with Gasteiger partial charge in [-0.1, -0.05) is 44.2 Å². The van der Waals surface area contributed by atoms with Crippen molar-refractivity contribution in [2.75, 3.05) is 0 Å². The number of hydrogen-bond donors (Lipinski definition) is 1. The number of rotatable bonds is 6. The van der Waals surface area contributed by atoms with E-state index < -0.39 is 0 Å². The van der Waals surface area contributed by atoms with Gasteiger partial charge in [0.2, 0.25) is 0 Å². The van der Waals surface area contributed by atoms with Gasteiger partial charge in [0.15, 0.2) is 0 Å². The number of thiophene rings is 1. The first-order valence-electron chi connectivity index (χ1n) is 8.09. The fourth-order valence-electron chi connectivity index (χ4n) is 2.70. The Hall–Kier alpha value is -2.33.